The van der Waals surface area contributed by atoms with Crippen LogP contribution in [-0.2, 0) is 9.53 Å². The fourth-order valence-electron chi connectivity index (χ4n) is 2.01. The number of halogens is 1. The maximum Gasteiger partial charge on any atom is 0.339 e. The Morgan fingerprint density at radius 2 is 2.11 bits per heavy atom. The summed E-state index contributed by atoms with van der Waals surface area (Å²) in [5.74, 6) is -0.314. The highest BCUT2D eigenvalue weighted by atomic mass is 35.5. The molecular formula is C14H14ClNO3. The summed E-state index contributed by atoms with van der Waals surface area (Å²) < 4.78 is 4.72. The summed E-state index contributed by atoms with van der Waals surface area (Å²) in [5, 5.41) is 3.63. The van der Waals surface area contributed by atoms with Crippen LogP contribution in [0.3, 0.4) is 0 Å². The molecule has 19 heavy (non-hydrogen) atoms. The number of benzene rings is 1. The summed E-state index contributed by atoms with van der Waals surface area (Å²) in [4.78, 5) is 23.2. The first kappa shape index (κ1) is 13.6. The van der Waals surface area contributed by atoms with Gasteiger partial charge in [0.15, 0.2) is 5.78 Å². The van der Waals surface area contributed by atoms with Crippen molar-refractivity contribution in [3.8, 4) is 0 Å². The second kappa shape index (κ2) is 5.45. The number of Topliss-reactive ketones (excluding diaryl/α,β-unsaturated/α-hetero) is 1. The van der Waals surface area contributed by atoms with Crippen LogP contribution in [-0.4, -0.2) is 18.9 Å². The zero-order valence-corrected chi connectivity index (χ0v) is 11.5. The van der Waals surface area contributed by atoms with Crippen molar-refractivity contribution in [1.29, 1.82) is 0 Å². The van der Waals surface area contributed by atoms with Crippen LogP contribution in [0, 0.1) is 0 Å². The number of carbonyl (C=O) groups is 2. The minimum atomic E-state index is -0.443. The standard InChI is InChI=1S/C14H14ClNO3/c1-8-11(5-6-13(8)17)16-12-7-9(15)3-4-10(12)14(18)19-2/h3-4,7,16H,5-6H2,1-2H3. The highest BCUT2D eigenvalue weighted by molar-refractivity contribution is 6.31. The second-order valence-corrected chi connectivity index (χ2v) is 4.77. The molecule has 0 amide bonds. The van der Waals surface area contributed by atoms with Gasteiger partial charge in [0.2, 0.25) is 0 Å². The minimum Gasteiger partial charge on any atom is -0.465 e. The van der Waals surface area contributed by atoms with Crippen molar-refractivity contribution in [1.82, 2.24) is 0 Å². The van der Waals surface area contributed by atoms with Gasteiger partial charge in [0.05, 0.1) is 18.4 Å². The predicted molar refractivity (Wildman–Crippen MR) is 73.4 cm³/mol. The molecule has 1 aromatic rings. The Morgan fingerprint density at radius 1 is 1.37 bits per heavy atom. The molecule has 0 bridgehead atoms. The van der Waals surface area contributed by atoms with Crippen molar-refractivity contribution in [2.75, 3.05) is 12.4 Å². The van der Waals surface area contributed by atoms with Gasteiger partial charge in [0.1, 0.15) is 0 Å². The average Bonchev–Trinajstić information content (AvgIpc) is 2.70. The smallest absolute Gasteiger partial charge is 0.339 e. The molecule has 1 aliphatic carbocycles. The van der Waals surface area contributed by atoms with E-state index in [-0.39, 0.29) is 5.78 Å². The molecule has 0 saturated carbocycles. The van der Waals surface area contributed by atoms with Crippen LogP contribution in [0.25, 0.3) is 0 Å². The lowest BCUT2D eigenvalue weighted by molar-refractivity contribution is -0.114. The van der Waals surface area contributed by atoms with E-state index in [1.165, 1.54) is 7.11 Å². The Hall–Kier alpha value is -1.81. The first-order valence-electron chi connectivity index (χ1n) is 5.90. The maximum atomic E-state index is 11.7. The molecule has 0 fully saturated rings. The number of methoxy groups -OCH3 is 1. The molecule has 4 nitrogen and oxygen atoms in total. The predicted octanol–water partition coefficient (Wildman–Crippen LogP) is 3.18. The quantitative estimate of drug-likeness (QED) is 0.864. The number of esters is 1. The molecule has 0 heterocycles. The number of anilines is 1. The Morgan fingerprint density at radius 3 is 2.68 bits per heavy atom. The largest absolute Gasteiger partial charge is 0.465 e. The Kier molecular flexibility index (Phi) is 3.90. The number of carbonyl (C=O) groups excluding carboxylic acids is 2. The van der Waals surface area contributed by atoms with Gasteiger partial charge in [0, 0.05) is 22.7 Å². The van der Waals surface area contributed by atoms with Crippen molar-refractivity contribution >= 4 is 29.0 Å². The molecule has 0 atom stereocenters. The van der Waals surface area contributed by atoms with Crippen LogP contribution in [0.1, 0.15) is 30.1 Å². The summed E-state index contributed by atoms with van der Waals surface area (Å²) in [6.07, 6.45) is 1.15. The molecule has 1 aliphatic rings. The van der Waals surface area contributed by atoms with Crippen molar-refractivity contribution in [3.63, 3.8) is 0 Å². The lowest BCUT2D eigenvalue weighted by Crippen LogP contribution is -2.08. The molecule has 0 aliphatic heterocycles. The summed E-state index contributed by atoms with van der Waals surface area (Å²) >= 11 is 5.94. The SMILES string of the molecule is COC(=O)c1ccc(Cl)cc1NC1=C(C)C(=O)CC1. The van der Waals surface area contributed by atoms with Crippen LogP contribution < -0.4 is 5.32 Å². The summed E-state index contributed by atoms with van der Waals surface area (Å²) in [6.45, 7) is 1.78. The van der Waals surface area contributed by atoms with Gasteiger partial charge >= 0.3 is 5.97 Å². The van der Waals surface area contributed by atoms with E-state index in [2.05, 4.69) is 5.32 Å². The van der Waals surface area contributed by atoms with Gasteiger partial charge < -0.3 is 10.1 Å². The molecule has 0 unspecified atom stereocenters. The number of allylic oxidation sites excluding steroid dienone is 2. The van der Waals surface area contributed by atoms with Crippen LogP contribution in [0.5, 0.6) is 0 Å². The fraction of sp³-hybridized carbons (Fsp3) is 0.286. The molecule has 0 spiro atoms. The van der Waals surface area contributed by atoms with Crippen molar-refractivity contribution in [2.45, 2.75) is 19.8 Å². The Labute approximate surface area is 116 Å². The van der Waals surface area contributed by atoms with Crippen LogP contribution in [0.4, 0.5) is 5.69 Å². The molecule has 0 aromatic heterocycles. The Bertz CT molecular complexity index is 578. The van der Waals surface area contributed by atoms with Gasteiger partial charge in [-0.15, -0.1) is 0 Å². The van der Waals surface area contributed by atoms with Crippen LogP contribution in [0.15, 0.2) is 29.5 Å². The monoisotopic (exact) mass is 279 g/mol. The highest BCUT2D eigenvalue weighted by Crippen LogP contribution is 2.28. The topological polar surface area (TPSA) is 55.4 Å². The minimum absolute atomic E-state index is 0.129. The second-order valence-electron chi connectivity index (χ2n) is 4.33. The molecule has 0 radical (unpaired) electrons. The third kappa shape index (κ3) is 2.79. The zero-order valence-electron chi connectivity index (χ0n) is 10.7. The summed E-state index contributed by atoms with van der Waals surface area (Å²) in [6, 6.07) is 4.88. The summed E-state index contributed by atoms with van der Waals surface area (Å²) in [5.41, 5.74) is 2.49. The first-order chi connectivity index (χ1) is 9.02. The van der Waals surface area contributed by atoms with E-state index in [1.54, 1.807) is 25.1 Å². The van der Waals surface area contributed by atoms with Crippen molar-refractivity contribution in [2.24, 2.45) is 0 Å². The zero-order chi connectivity index (χ0) is 14.0. The molecular weight excluding hydrogens is 266 g/mol. The van der Waals surface area contributed by atoms with Crippen LogP contribution >= 0.6 is 11.6 Å². The third-order valence-corrected chi connectivity index (χ3v) is 3.38. The number of nitrogens with one attached hydrogen (secondary N) is 1. The van der Waals surface area contributed by atoms with Gasteiger partial charge in [-0.05, 0) is 31.5 Å². The number of hydrogen-bond donors (Lipinski definition) is 1. The average molecular weight is 280 g/mol. The van der Waals surface area contributed by atoms with Gasteiger partial charge in [-0.1, -0.05) is 11.6 Å². The molecule has 100 valence electrons. The number of hydrogen-bond acceptors (Lipinski definition) is 4. The number of ether oxygens (including phenoxy) is 1. The number of rotatable bonds is 3. The van der Waals surface area contributed by atoms with E-state index >= 15 is 0 Å². The van der Waals surface area contributed by atoms with Crippen molar-refractivity contribution < 1.29 is 14.3 Å². The molecule has 5 heteroatoms. The lowest BCUT2D eigenvalue weighted by Gasteiger charge is -2.12. The summed E-state index contributed by atoms with van der Waals surface area (Å²) in [7, 11) is 1.32. The van der Waals surface area contributed by atoms with Crippen LogP contribution in [0.2, 0.25) is 5.02 Å². The third-order valence-electron chi connectivity index (χ3n) is 3.15. The molecule has 1 aromatic carbocycles. The highest BCUT2D eigenvalue weighted by Gasteiger charge is 2.21. The maximum absolute atomic E-state index is 11.7. The van der Waals surface area contributed by atoms with Gasteiger partial charge in [-0.25, -0.2) is 4.79 Å². The van der Waals surface area contributed by atoms with Gasteiger partial charge in [-0.3, -0.25) is 4.79 Å². The molecule has 1 N–H and O–H groups in total. The van der Waals surface area contributed by atoms with E-state index in [1.807, 2.05) is 0 Å². The van der Waals surface area contributed by atoms with Gasteiger partial charge in [0.25, 0.3) is 0 Å². The van der Waals surface area contributed by atoms with Crippen molar-refractivity contribution in [3.05, 3.63) is 40.1 Å². The lowest BCUT2D eigenvalue weighted by atomic mass is 10.1. The van der Waals surface area contributed by atoms with E-state index in [0.717, 1.165) is 5.70 Å². The van der Waals surface area contributed by atoms with E-state index in [9.17, 15) is 9.59 Å². The Balaban J connectivity index is 2.37. The molecule has 2 rings (SSSR count). The van der Waals surface area contributed by atoms with E-state index in [0.29, 0.717) is 34.7 Å². The number of ketones is 1. The molecule has 0 saturated heterocycles. The van der Waals surface area contributed by atoms with Gasteiger partial charge in [-0.2, -0.15) is 0 Å². The fourth-order valence-corrected chi connectivity index (χ4v) is 2.18. The first-order valence-corrected chi connectivity index (χ1v) is 6.28. The normalized spacial score (nSPS) is 14.8. The van der Waals surface area contributed by atoms with E-state index < -0.39 is 5.97 Å². The van der Waals surface area contributed by atoms with E-state index in [4.69, 9.17) is 16.3 Å².